The lowest BCUT2D eigenvalue weighted by Gasteiger charge is -2.10. The van der Waals surface area contributed by atoms with E-state index in [0.717, 1.165) is 55.5 Å². The molecule has 0 radical (unpaired) electrons. The molecular formula is C22H13N5O2. The van der Waals surface area contributed by atoms with Crippen molar-refractivity contribution >= 4 is 29.4 Å². The van der Waals surface area contributed by atoms with Crippen LogP contribution in [0.4, 0.5) is 11.4 Å². The molecule has 3 heterocycles. The lowest BCUT2D eigenvalue weighted by atomic mass is 9.89. The van der Waals surface area contributed by atoms with Gasteiger partial charge in [-0.05, 0) is 42.0 Å². The molecule has 0 saturated carbocycles. The van der Waals surface area contributed by atoms with E-state index >= 15 is 0 Å². The van der Waals surface area contributed by atoms with Crippen LogP contribution in [0.25, 0.3) is 22.3 Å². The van der Waals surface area contributed by atoms with Crippen LogP contribution in [0.3, 0.4) is 0 Å². The summed E-state index contributed by atoms with van der Waals surface area (Å²) in [4.78, 5) is 37.5. The van der Waals surface area contributed by atoms with E-state index in [-0.39, 0.29) is 0 Å². The number of rotatable bonds is 2. The van der Waals surface area contributed by atoms with Crippen LogP contribution in [0, 0.1) is 0 Å². The molecule has 0 aromatic heterocycles. The largest absolute Gasteiger partial charge is 0.366 e. The van der Waals surface area contributed by atoms with Crippen molar-refractivity contribution in [3.05, 3.63) is 69.4 Å². The lowest BCUT2D eigenvalue weighted by molar-refractivity contribution is 0.0992. The van der Waals surface area contributed by atoms with E-state index in [1.54, 1.807) is 36.4 Å². The van der Waals surface area contributed by atoms with E-state index in [1.807, 2.05) is 6.21 Å². The van der Waals surface area contributed by atoms with Gasteiger partial charge in [0.2, 0.25) is 11.8 Å². The number of benzene rings is 3. The van der Waals surface area contributed by atoms with E-state index in [1.165, 1.54) is 0 Å². The molecule has 7 nitrogen and oxygen atoms in total. The first-order valence-corrected chi connectivity index (χ1v) is 9.07. The van der Waals surface area contributed by atoms with Crippen molar-refractivity contribution in [2.24, 2.45) is 26.4 Å². The highest BCUT2D eigenvalue weighted by Crippen LogP contribution is 2.42. The van der Waals surface area contributed by atoms with Gasteiger partial charge in [-0.15, -0.1) is 0 Å². The number of carbonyl (C=O) groups is 2. The fourth-order valence-electron chi connectivity index (χ4n) is 4.32. The predicted octanol–water partition coefficient (Wildman–Crippen LogP) is 1.68. The molecule has 0 spiro atoms. The molecule has 0 unspecified atom stereocenters. The van der Waals surface area contributed by atoms with E-state index < -0.39 is 11.8 Å². The summed E-state index contributed by atoms with van der Waals surface area (Å²) in [6.07, 6.45) is 1.84. The monoisotopic (exact) mass is 379 g/mol. The predicted molar refractivity (Wildman–Crippen MR) is 107 cm³/mol. The number of hydrogen-bond acceptors (Lipinski definition) is 5. The van der Waals surface area contributed by atoms with Crippen LogP contribution in [-0.2, 0) is 6.54 Å². The number of aliphatic imine (C=N–C) groups is 1. The zero-order valence-electron chi connectivity index (χ0n) is 15.1. The van der Waals surface area contributed by atoms with Gasteiger partial charge in [0.1, 0.15) is 0 Å². The maximum Gasteiger partial charge on any atom is 0.248 e. The molecular weight excluding hydrogens is 366 g/mol. The van der Waals surface area contributed by atoms with Crippen molar-refractivity contribution in [1.29, 1.82) is 0 Å². The second kappa shape index (κ2) is 5.23. The van der Waals surface area contributed by atoms with E-state index in [0.29, 0.717) is 17.7 Å². The molecule has 0 fully saturated rings. The molecule has 2 amide bonds. The maximum absolute atomic E-state index is 11.7. The van der Waals surface area contributed by atoms with Gasteiger partial charge in [-0.25, -0.2) is 9.98 Å². The molecule has 3 aromatic rings. The Labute approximate surface area is 164 Å². The molecule has 0 atom stereocenters. The van der Waals surface area contributed by atoms with Gasteiger partial charge in [-0.3, -0.25) is 14.6 Å². The van der Waals surface area contributed by atoms with Crippen LogP contribution in [0.15, 0.2) is 51.4 Å². The second-order valence-electron chi connectivity index (χ2n) is 7.23. The van der Waals surface area contributed by atoms with Crippen LogP contribution in [0.2, 0.25) is 0 Å². The molecule has 0 bridgehead atoms. The van der Waals surface area contributed by atoms with Gasteiger partial charge in [0.15, 0.2) is 0 Å². The molecule has 3 aliphatic heterocycles. The first-order chi connectivity index (χ1) is 14.0. The Morgan fingerprint density at radius 3 is 1.93 bits per heavy atom. The van der Waals surface area contributed by atoms with Crippen molar-refractivity contribution in [1.82, 2.24) is 0 Å². The molecule has 3 aliphatic rings. The Bertz CT molecular complexity index is 1480. The second-order valence-corrected chi connectivity index (χ2v) is 7.23. The third-order valence-electron chi connectivity index (χ3n) is 5.63. The average Bonchev–Trinajstić information content (AvgIpc) is 3.40. The summed E-state index contributed by atoms with van der Waals surface area (Å²) in [5, 5.41) is 1.51. The summed E-state index contributed by atoms with van der Waals surface area (Å²) in [6, 6.07) is 10.5. The van der Waals surface area contributed by atoms with Crippen LogP contribution < -0.4 is 22.2 Å². The third kappa shape index (κ3) is 1.98. The maximum atomic E-state index is 11.7. The zero-order valence-corrected chi connectivity index (χ0v) is 15.1. The van der Waals surface area contributed by atoms with Gasteiger partial charge >= 0.3 is 0 Å². The number of amides is 2. The molecule has 6 rings (SSSR count). The van der Waals surface area contributed by atoms with Crippen LogP contribution in [-0.4, -0.2) is 18.0 Å². The minimum Gasteiger partial charge on any atom is -0.366 e. The molecule has 7 heteroatoms. The fourth-order valence-corrected chi connectivity index (χ4v) is 4.32. The van der Waals surface area contributed by atoms with Crippen molar-refractivity contribution in [2.75, 3.05) is 0 Å². The number of nitrogens with zero attached hydrogens (tertiary/aromatic N) is 3. The Balaban J connectivity index is 1.71. The van der Waals surface area contributed by atoms with Gasteiger partial charge in [-0.2, -0.15) is 0 Å². The fraction of sp³-hybridized carbons (Fsp3) is 0.0455. The van der Waals surface area contributed by atoms with Crippen molar-refractivity contribution in [3.63, 3.8) is 0 Å². The number of primary amides is 2. The summed E-state index contributed by atoms with van der Waals surface area (Å²) in [7, 11) is 0. The lowest BCUT2D eigenvalue weighted by Crippen LogP contribution is -2.28. The van der Waals surface area contributed by atoms with Gasteiger partial charge in [0.25, 0.3) is 0 Å². The summed E-state index contributed by atoms with van der Waals surface area (Å²) in [6.45, 7) is 0.519. The number of fused-ring (bicyclic) bond motifs is 10. The Morgan fingerprint density at radius 2 is 1.34 bits per heavy atom. The Hall–Kier alpha value is -4.13. The SMILES string of the molecule is NC(=O)c1ccc2c(c1)-c1c3c(c4c(c1=N2)=Nc1ccc(C(N)=O)cc1-4)CN=C3. The number of nitrogens with two attached hydrogens (primary N) is 2. The Morgan fingerprint density at radius 1 is 0.793 bits per heavy atom. The van der Waals surface area contributed by atoms with Gasteiger partial charge in [-0.1, -0.05) is 0 Å². The normalized spacial score (nSPS) is 13.7. The minimum absolute atomic E-state index is 0.433. The van der Waals surface area contributed by atoms with Crippen molar-refractivity contribution in [2.45, 2.75) is 6.54 Å². The average molecular weight is 379 g/mol. The van der Waals surface area contributed by atoms with Gasteiger partial charge in [0, 0.05) is 45.2 Å². The smallest absolute Gasteiger partial charge is 0.248 e. The third-order valence-corrected chi connectivity index (χ3v) is 5.63. The summed E-state index contributed by atoms with van der Waals surface area (Å²) >= 11 is 0. The highest BCUT2D eigenvalue weighted by atomic mass is 16.1. The van der Waals surface area contributed by atoms with E-state index in [2.05, 4.69) is 4.99 Å². The molecule has 0 saturated heterocycles. The van der Waals surface area contributed by atoms with Crippen LogP contribution >= 0.6 is 0 Å². The minimum atomic E-state index is -0.483. The quantitative estimate of drug-likeness (QED) is 0.484. The first kappa shape index (κ1) is 15.9. The van der Waals surface area contributed by atoms with E-state index in [4.69, 9.17) is 21.5 Å². The standard InChI is InChI=1S/C22H13N5O2/c23-21(28)9-1-3-15-11(5-9)17-13-7-25-8-14(13)18-12-6-10(22(24)29)2-4-16(12)27-20(18)19(17)26-15/h1-7H,8H2,(H2,23,28)(H2,24,29). The molecule has 4 N–H and O–H groups in total. The summed E-state index contributed by atoms with van der Waals surface area (Å²) < 4.78 is 0. The topological polar surface area (TPSA) is 123 Å². The highest BCUT2D eigenvalue weighted by Gasteiger charge is 2.30. The molecule has 138 valence electrons. The molecule has 0 aliphatic carbocycles. The van der Waals surface area contributed by atoms with E-state index in [9.17, 15) is 9.59 Å². The molecule has 3 aromatic carbocycles. The zero-order chi connectivity index (χ0) is 19.9. The van der Waals surface area contributed by atoms with Crippen LogP contribution in [0.1, 0.15) is 31.8 Å². The summed E-state index contributed by atoms with van der Waals surface area (Å²) in [5.74, 6) is -0.963. The van der Waals surface area contributed by atoms with Crippen LogP contribution in [0.5, 0.6) is 0 Å². The van der Waals surface area contributed by atoms with Gasteiger partial charge in [0.05, 0.1) is 28.6 Å². The first-order valence-electron chi connectivity index (χ1n) is 9.07. The Kier molecular flexibility index (Phi) is 2.86. The summed E-state index contributed by atoms with van der Waals surface area (Å²) in [5.41, 5.74) is 19.0. The molecule has 29 heavy (non-hydrogen) atoms. The van der Waals surface area contributed by atoms with Crippen molar-refractivity contribution < 1.29 is 9.59 Å². The van der Waals surface area contributed by atoms with Gasteiger partial charge < -0.3 is 11.5 Å². The number of hydrogen-bond donors (Lipinski definition) is 2. The highest BCUT2D eigenvalue weighted by molar-refractivity contribution is 6.04. The van der Waals surface area contributed by atoms with Crippen molar-refractivity contribution in [3.8, 4) is 22.3 Å². The number of carbonyl (C=O) groups excluding carboxylic acids is 2.